The zero-order valence-electron chi connectivity index (χ0n) is 11.5. The Bertz CT molecular complexity index is 713. The van der Waals surface area contributed by atoms with Gasteiger partial charge < -0.3 is 10.0 Å². The quantitative estimate of drug-likeness (QED) is 0.803. The number of rotatable bonds is 4. The van der Waals surface area contributed by atoms with Gasteiger partial charge in [0.05, 0.1) is 0 Å². The second-order valence-electron chi connectivity index (χ2n) is 5.02. The molecule has 0 spiro atoms. The Labute approximate surface area is 134 Å². The van der Waals surface area contributed by atoms with Gasteiger partial charge in [0.25, 0.3) is 0 Å². The molecule has 2 aromatic rings. The summed E-state index contributed by atoms with van der Waals surface area (Å²) in [5.41, 5.74) is 0.625. The Morgan fingerprint density at radius 3 is 2.68 bits per heavy atom. The van der Waals surface area contributed by atoms with Crippen molar-refractivity contribution in [3.63, 3.8) is 0 Å². The second kappa shape index (κ2) is 5.88. The fourth-order valence-electron chi connectivity index (χ4n) is 2.59. The molecule has 1 atom stereocenters. The number of nitrogens with zero attached hydrogens (tertiary/aromatic N) is 3. The summed E-state index contributed by atoms with van der Waals surface area (Å²) in [5, 5.41) is 19.6. The predicted molar refractivity (Wildman–Crippen MR) is 82.0 cm³/mol. The number of aromatic nitrogens is 3. The highest BCUT2D eigenvalue weighted by atomic mass is 79.9. The van der Waals surface area contributed by atoms with E-state index in [1.54, 1.807) is 29.2 Å². The van der Waals surface area contributed by atoms with Crippen molar-refractivity contribution >= 4 is 33.5 Å². The summed E-state index contributed by atoms with van der Waals surface area (Å²) in [6.45, 7) is 0.546. The van der Waals surface area contributed by atoms with Crippen molar-refractivity contribution in [3.8, 4) is 0 Å². The van der Waals surface area contributed by atoms with Gasteiger partial charge in [-0.05, 0) is 37.1 Å². The fourth-order valence-corrected chi connectivity index (χ4v) is 2.86. The smallest absolute Gasteiger partial charge is 0.326 e. The van der Waals surface area contributed by atoms with Gasteiger partial charge in [-0.2, -0.15) is 10.3 Å². The molecule has 1 aliphatic heterocycles. The van der Waals surface area contributed by atoms with Crippen LogP contribution >= 0.6 is 15.9 Å². The summed E-state index contributed by atoms with van der Waals surface area (Å²) in [5.74, 6) is -0.896. The van der Waals surface area contributed by atoms with Gasteiger partial charge in [0, 0.05) is 16.6 Å². The van der Waals surface area contributed by atoms with E-state index in [1.807, 2.05) is 0 Å². The van der Waals surface area contributed by atoms with E-state index in [1.165, 1.54) is 0 Å². The minimum absolute atomic E-state index is 0.149. The van der Waals surface area contributed by atoms with E-state index in [9.17, 15) is 14.7 Å². The van der Waals surface area contributed by atoms with E-state index in [4.69, 9.17) is 0 Å². The lowest BCUT2D eigenvalue weighted by atomic mass is 10.1. The monoisotopic (exact) mass is 364 g/mol. The molecule has 22 heavy (non-hydrogen) atoms. The lowest BCUT2D eigenvalue weighted by Gasteiger charge is -2.21. The van der Waals surface area contributed by atoms with Crippen LogP contribution in [0.2, 0.25) is 0 Å². The van der Waals surface area contributed by atoms with Crippen molar-refractivity contribution in [3.05, 3.63) is 40.0 Å². The molecule has 2 N–H and O–H groups in total. The van der Waals surface area contributed by atoms with Crippen LogP contribution in [-0.2, 0) is 4.79 Å². The van der Waals surface area contributed by atoms with Crippen LogP contribution in [-0.4, -0.2) is 44.9 Å². The number of carbonyl (C=O) groups excluding carboxylic acids is 1. The molecule has 1 saturated heterocycles. The molecule has 1 fully saturated rings. The van der Waals surface area contributed by atoms with Crippen molar-refractivity contribution in [2.24, 2.45) is 0 Å². The van der Waals surface area contributed by atoms with E-state index in [0.717, 1.165) is 10.9 Å². The Hall–Kier alpha value is -2.22. The van der Waals surface area contributed by atoms with Crippen LogP contribution < -0.4 is 4.90 Å². The van der Waals surface area contributed by atoms with Crippen LogP contribution in [0.1, 0.15) is 28.9 Å². The Morgan fingerprint density at radius 2 is 2.00 bits per heavy atom. The van der Waals surface area contributed by atoms with Gasteiger partial charge in [0.1, 0.15) is 6.04 Å². The third-order valence-corrected chi connectivity index (χ3v) is 4.19. The second-order valence-corrected chi connectivity index (χ2v) is 5.94. The Balaban J connectivity index is 1.93. The highest BCUT2D eigenvalue weighted by Crippen LogP contribution is 2.27. The summed E-state index contributed by atoms with van der Waals surface area (Å²) in [6, 6.07) is 6.24. The zero-order chi connectivity index (χ0) is 15.7. The van der Waals surface area contributed by atoms with E-state index in [0.29, 0.717) is 24.3 Å². The maximum Gasteiger partial charge on any atom is 0.326 e. The molecule has 2 heterocycles. The molecule has 1 aliphatic rings. The molecule has 0 unspecified atom stereocenters. The van der Waals surface area contributed by atoms with Crippen LogP contribution in [0.15, 0.2) is 28.7 Å². The van der Waals surface area contributed by atoms with E-state index >= 15 is 0 Å². The standard InChI is InChI=1S/C14H13BrN4O3/c15-9-5-3-8(4-6-9)12(20)11-13(17-18-16-11)19-7-1-2-10(19)14(21)22/h3-6,10H,1-2,7H2,(H,21,22)(H,16,17,18)/t10-/m0/s1. The first-order chi connectivity index (χ1) is 10.6. The third-order valence-electron chi connectivity index (χ3n) is 3.66. The van der Waals surface area contributed by atoms with Gasteiger partial charge in [-0.3, -0.25) is 4.79 Å². The van der Waals surface area contributed by atoms with Crippen molar-refractivity contribution in [1.82, 2.24) is 15.4 Å². The maximum absolute atomic E-state index is 12.6. The first-order valence-electron chi connectivity index (χ1n) is 6.78. The van der Waals surface area contributed by atoms with Gasteiger partial charge in [0.15, 0.2) is 11.5 Å². The molecule has 0 aliphatic carbocycles. The summed E-state index contributed by atoms with van der Waals surface area (Å²) >= 11 is 3.32. The molecule has 0 amide bonds. The van der Waals surface area contributed by atoms with Gasteiger partial charge in [-0.15, -0.1) is 5.10 Å². The van der Waals surface area contributed by atoms with Crippen LogP contribution in [0.3, 0.4) is 0 Å². The highest BCUT2D eigenvalue weighted by Gasteiger charge is 2.35. The molecular weight excluding hydrogens is 352 g/mol. The van der Waals surface area contributed by atoms with Gasteiger partial charge in [-0.25, -0.2) is 4.79 Å². The molecular formula is C14H13BrN4O3. The molecule has 0 saturated carbocycles. The van der Waals surface area contributed by atoms with Crippen molar-refractivity contribution in [1.29, 1.82) is 0 Å². The Kier molecular flexibility index (Phi) is 3.93. The number of H-pyrrole nitrogens is 1. The number of benzene rings is 1. The van der Waals surface area contributed by atoms with Crippen LogP contribution in [0.4, 0.5) is 5.82 Å². The zero-order valence-corrected chi connectivity index (χ0v) is 13.1. The molecule has 1 aromatic heterocycles. The molecule has 8 heteroatoms. The average Bonchev–Trinajstić information content (AvgIpc) is 3.15. The topological polar surface area (TPSA) is 99.2 Å². The van der Waals surface area contributed by atoms with E-state index in [2.05, 4.69) is 31.3 Å². The SMILES string of the molecule is O=C(c1ccc(Br)cc1)c1n[nH]nc1N1CCC[C@H]1C(=O)O. The number of carboxylic acid groups (broad SMARTS) is 1. The lowest BCUT2D eigenvalue weighted by molar-refractivity contribution is -0.138. The summed E-state index contributed by atoms with van der Waals surface area (Å²) < 4.78 is 0.870. The molecule has 7 nitrogen and oxygen atoms in total. The normalized spacial score (nSPS) is 17.7. The first kappa shape index (κ1) is 14.7. The molecule has 3 rings (SSSR count). The van der Waals surface area contributed by atoms with Crippen LogP contribution in [0.25, 0.3) is 0 Å². The number of carbonyl (C=O) groups is 2. The average molecular weight is 365 g/mol. The van der Waals surface area contributed by atoms with E-state index in [-0.39, 0.29) is 11.5 Å². The summed E-state index contributed by atoms with van der Waals surface area (Å²) in [4.78, 5) is 25.5. The maximum atomic E-state index is 12.6. The number of hydrogen-bond donors (Lipinski definition) is 2. The number of hydrogen-bond acceptors (Lipinski definition) is 5. The van der Waals surface area contributed by atoms with Gasteiger partial charge in [0.2, 0.25) is 5.78 Å². The van der Waals surface area contributed by atoms with Gasteiger partial charge >= 0.3 is 5.97 Å². The minimum atomic E-state index is -0.914. The minimum Gasteiger partial charge on any atom is -0.480 e. The number of aromatic amines is 1. The number of ketones is 1. The molecule has 0 radical (unpaired) electrons. The number of nitrogens with one attached hydrogen (secondary N) is 1. The number of aliphatic carboxylic acids is 1. The number of carboxylic acids is 1. The van der Waals surface area contributed by atoms with E-state index < -0.39 is 12.0 Å². The summed E-state index contributed by atoms with van der Waals surface area (Å²) in [6.07, 6.45) is 1.28. The van der Waals surface area contributed by atoms with Crippen molar-refractivity contribution in [2.75, 3.05) is 11.4 Å². The van der Waals surface area contributed by atoms with Gasteiger partial charge in [-0.1, -0.05) is 15.9 Å². The third kappa shape index (κ3) is 2.61. The Morgan fingerprint density at radius 1 is 1.27 bits per heavy atom. The molecule has 1 aromatic carbocycles. The summed E-state index contributed by atoms with van der Waals surface area (Å²) in [7, 11) is 0. The molecule has 114 valence electrons. The first-order valence-corrected chi connectivity index (χ1v) is 7.57. The number of anilines is 1. The fraction of sp³-hybridized carbons (Fsp3) is 0.286. The van der Waals surface area contributed by atoms with Crippen LogP contribution in [0.5, 0.6) is 0 Å². The highest BCUT2D eigenvalue weighted by molar-refractivity contribution is 9.10. The van der Waals surface area contributed by atoms with Crippen molar-refractivity contribution < 1.29 is 14.7 Å². The van der Waals surface area contributed by atoms with Crippen molar-refractivity contribution in [2.45, 2.75) is 18.9 Å². The largest absolute Gasteiger partial charge is 0.480 e. The molecule has 0 bridgehead atoms. The predicted octanol–water partition coefficient (Wildman–Crippen LogP) is 1.85. The van der Waals surface area contributed by atoms with Crippen LogP contribution in [0, 0.1) is 0 Å². The lowest BCUT2D eigenvalue weighted by Crippen LogP contribution is -2.37. The number of halogens is 1.